The molecular formula is C13H25N3. The number of rotatable bonds is 7. The summed E-state index contributed by atoms with van der Waals surface area (Å²) < 4.78 is 2.34. The Morgan fingerprint density at radius 3 is 2.69 bits per heavy atom. The lowest BCUT2D eigenvalue weighted by molar-refractivity contribution is 0.350. The van der Waals surface area contributed by atoms with E-state index >= 15 is 0 Å². The molecule has 1 N–H and O–H groups in total. The molecule has 16 heavy (non-hydrogen) atoms. The molecule has 1 aromatic rings. The van der Waals surface area contributed by atoms with Gasteiger partial charge in [-0.3, -0.25) is 0 Å². The van der Waals surface area contributed by atoms with Crippen molar-refractivity contribution < 1.29 is 0 Å². The molecule has 1 atom stereocenters. The lowest BCUT2D eigenvalue weighted by atomic mass is 10.0. The molecule has 0 aliphatic rings. The largest absolute Gasteiger partial charge is 0.330 e. The Hall–Kier alpha value is -0.830. The predicted molar refractivity (Wildman–Crippen MR) is 68.6 cm³/mol. The summed E-state index contributed by atoms with van der Waals surface area (Å²) in [7, 11) is 0. The van der Waals surface area contributed by atoms with Gasteiger partial charge in [-0.25, -0.2) is 4.98 Å². The van der Waals surface area contributed by atoms with Gasteiger partial charge in [0.1, 0.15) is 5.82 Å². The SMILES string of the molecule is CCCc1nccn1C(CNCC)C(C)C. The van der Waals surface area contributed by atoms with Crippen LogP contribution in [-0.2, 0) is 6.42 Å². The van der Waals surface area contributed by atoms with Gasteiger partial charge >= 0.3 is 0 Å². The van der Waals surface area contributed by atoms with Crippen molar-refractivity contribution in [2.24, 2.45) is 5.92 Å². The van der Waals surface area contributed by atoms with Gasteiger partial charge in [-0.05, 0) is 18.9 Å². The van der Waals surface area contributed by atoms with Gasteiger partial charge in [0, 0.05) is 31.4 Å². The third-order valence-electron chi connectivity index (χ3n) is 2.95. The zero-order valence-corrected chi connectivity index (χ0v) is 11.0. The molecule has 0 saturated carbocycles. The molecular weight excluding hydrogens is 198 g/mol. The number of hydrogen-bond donors (Lipinski definition) is 1. The Labute approximate surface area is 99.3 Å². The van der Waals surface area contributed by atoms with Crippen molar-refractivity contribution in [1.82, 2.24) is 14.9 Å². The summed E-state index contributed by atoms with van der Waals surface area (Å²) in [5, 5.41) is 3.44. The topological polar surface area (TPSA) is 29.9 Å². The van der Waals surface area contributed by atoms with Gasteiger partial charge < -0.3 is 9.88 Å². The van der Waals surface area contributed by atoms with Crippen LogP contribution >= 0.6 is 0 Å². The van der Waals surface area contributed by atoms with Crippen LogP contribution in [0, 0.1) is 5.92 Å². The van der Waals surface area contributed by atoms with Crippen LogP contribution < -0.4 is 5.32 Å². The minimum absolute atomic E-state index is 0.518. The summed E-state index contributed by atoms with van der Waals surface area (Å²) in [4.78, 5) is 4.45. The van der Waals surface area contributed by atoms with E-state index in [1.165, 1.54) is 5.82 Å². The van der Waals surface area contributed by atoms with E-state index in [2.05, 4.69) is 48.8 Å². The van der Waals surface area contributed by atoms with Gasteiger partial charge in [0.15, 0.2) is 0 Å². The standard InChI is InChI=1S/C13H25N3/c1-5-7-13-15-8-9-16(13)12(11(3)4)10-14-6-2/h8-9,11-12,14H,5-7,10H2,1-4H3. The number of nitrogens with zero attached hydrogens (tertiary/aromatic N) is 2. The minimum atomic E-state index is 0.518. The van der Waals surface area contributed by atoms with E-state index in [0.717, 1.165) is 25.9 Å². The lowest BCUT2D eigenvalue weighted by Crippen LogP contribution is -2.29. The molecule has 0 saturated heterocycles. The van der Waals surface area contributed by atoms with Crippen molar-refractivity contribution in [2.75, 3.05) is 13.1 Å². The van der Waals surface area contributed by atoms with Crippen LogP contribution in [0.2, 0.25) is 0 Å². The van der Waals surface area contributed by atoms with Gasteiger partial charge in [0.05, 0.1) is 0 Å². The first-order valence-corrected chi connectivity index (χ1v) is 6.43. The van der Waals surface area contributed by atoms with E-state index < -0.39 is 0 Å². The molecule has 1 heterocycles. The third kappa shape index (κ3) is 3.34. The first-order chi connectivity index (χ1) is 7.70. The molecule has 3 heteroatoms. The molecule has 92 valence electrons. The molecule has 0 bridgehead atoms. The molecule has 0 amide bonds. The number of likely N-dealkylation sites (N-methyl/N-ethyl adjacent to an activating group) is 1. The van der Waals surface area contributed by atoms with Gasteiger partial charge in [-0.1, -0.05) is 27.7 Å². The summed E-state index contributed by atoms with van der Waals surface area (Å²) in [6.07, 6.45) is 6.27. The molecule has 1 aromatic heterocycles. The second-order valence-electron chi connectivity index (χ2n) is 4.62. The summed E-state index contributed by atoms with van der Waals surface area (Å²) in [5.41, 5.74) is 0. The number of aromatic nitrogens is 2. The fraction of sp³-hybridized carbons (Fsp3) is 0.769. The lowest BCUT2D eigenvalue weighted by Gasteiger charge is -2.24. The zero-order chi connectivity index (χ0) is 12.0. The van der Waals surface area contributed by atoms with Gasteiger partial charge in [-0.15, -0.1) is 0 Å². The fourth-order valence-electron chi connectivity index (χ4n) is 2.01. The van der Waals surface area contributed by atoms with E-state index in [-0.39, 0.29) is 0 Å². The van der Waals surface area contributed by atoms with Crippen LogP contribution in [0.3, 0.4) is 0 Å². The molecule has 0 fully saturated rings. The van der Waals surface area contributed by atoms with Crippen molar-refractivity contribution >= 4 is 0 Å². The average molecular weight is 223 g/mol. The van der Waals surface area contributed by atoms with Crippen molar-refractivity contribution in [3.63, 3.8) is 0 Å². The Bertz CT molecular complexity index is 291. The molecule has 0 radical (unpaired) electrons. The molecule has 1 unspecified atom stereocenters. The van der Waals surface area contributed by atoms with Crippen molar-refractivity contribution in [3.05, 3.63) is 18.2 Å². The van der Waals surface area contributed by atoms with Gasteiger partial charge in [0.2, 0.25) is 0 Å². The maximum atomic E-state index is 4.45. The zero-order valence-electron chi connectivity index (χ0n) is 11.0. The number of aryl methyl sites for hydroxylation is 1. The highest BCUT2D eigenvalue weighted by Crippen LogP contribution is 2.19. The predicted octanol–water partition coefficient (Wildman–Crippen LogP) is 2.64. The van der Waals surface area contributed by atoms with Crippen LogP contribution in [0.25, 0.3) is 0 Å². The van der Waals surface area contributed by atoms with E-state index in [1.807, 2.05) is 6.20 Å². The Balaban J connectivity index is 2.78. The Morgan fingerprint density at radius 1 is 1.38 bits per heavy atom. The van der Waals surface area contributed by atoms with E-state index in [1.54, 1.807) is 0 Å². The molecule has 1 rings (SSSR count). The van der Waals surface area contributed by atoms with E-state index in [4.69, 9.17) is 0 Å². The van der Waals surface area contributed by atoms with Crippen molar-refractivity contribution in [3.8, 4) is 0 Å². The fourth-order valence-corrected chi connectivity index (χ4v) is 2.01. The van der Waals surface area contributed by atoms with E-state index in [0.29, 0.717) is 12.0 Å². The monoisotopic (exact) mass is 223 g/mol. The minimum Gasteiger partial charge on any atom is -0.330 e. The van der Waals surface area contributed by atoms with Crippen LogP contribution in [-0.4, -0.2) is 22.6 Å². The number of nitrogens with one attached hydrogen (secondary N) is 1. The maximum absolute atomic E-state index is 4.45. The smallest absolute Gasteiger partial charge is 0.108 e. The first-order valence-electron chi connectivity index (χ1n) is 6.43. The molecule has 3 nitrogen and oxygen atoms in total. The quantitative estimate of drug-likeness (QED) is 0.770. The van der Waals surface area contributed by atoms with Crippen LogP contribution in [0.5, 0.6) is 0 Å². The van der Waals surface area contributed by atoms with Crippen molar-refractivity contribution in [1.29, 1.82) is 0 Å². The highest BCUT2D eigenvalue weighted by Gasteiger charge is 2.17. The second kappa shape index (κ2) is 6.69. The summed E-state index contributed by atoms with van der Waals surface area (Å²) >= 11 is 0. The van der Waals surface area contributed by atoms with Gasteiger partial charge in [-0.2, -0.15) is 0 Å². The molecule has 0 aliphatic heterocycles. The maximum Gasteiger partial charge on any atom is 0.108 e. The number of hydrogen-bond acceptors (Lipinski definition) is 2. The van der Waals surface area contributed by atoms with E-state index in [9.17, 15) is 0 Å². The highest BCUT2D eigenvalue weighted by molar-refractivity contribution is 4.96. The van der Waals surface area contributed by atoms with Crippen LogP contribution in [0.4, 0.5) is 0 Å². The average Bonchev–Trinajstić information content (AvgIpc) is 2.67. The second-order valence-corrected chi connectivity index (χ2v) is 4.62. The summed E-state index contributed by atoms with van der Waals surface area (Å²) in [6, 6.07) is 0.518. The van der Waals surface area contributed by atoms with Crippen LogP contribution in [0.15, 0.2) is 12.4 Å². The summed E-state index contributed by atoms with van der Waals surface area (Å²) in [6.45, 7) is 11.0. The Kier molecular flexibility index (Phi) is 5.53. The summed E-state index contributed by atoms with van der Waals surface area (Å²) in [5.74, 6) is 1.85. The van der Waals surface area contributed by atoms with Crippen molar-refractivity contribution in [2.45, 2.75) is 46.6 Å². The highest BCUT2D eigenvalue weighted by atomic mass is 15.1. The molecule has 0 spiro atoms. The molecule has 0 aromatic carbocycles. The normalized spacial score (nSPS) is 13.3. The van der Waals surface area contributed by atoms with Crippen LogP contribution in [0.1, 0.15) is 46.0 Å². The third-order valence-corrected chi connectivity index (χ3v) is 2.95. The van der Waals surface area contributed by atoms with Gasteiger partial charge in [0.25, 0.3) is 0 Å². The Morgan fingerprint density at radius 2 is 2.12 bits per heavy atom. The molecule has 0 aliphatic carbocycles. The first kappa shape index (κ1) is 13.2. The number of imidazole rings is 1.